The average Bonchev–Trinajstić information content (AvgIpc) is 2.67. The van der Waals surface area contributed by atoms with Crippen molar-refractivity contribution in [1.82, 2.24) is 0 Å². The molecular weight excluding hydrogens is 398 g/mol. The second kappa shape index (κ2) is 10.4. The van der Waals surface area contributed by atoms with E-state index in [-0.39, 0.29) is 24.0 Å². The van der Waals surface area contributed by atoms with Crippen molar-refractivity contribution in [2.24, 2.45) is 0 Å². The number of methoxy groups -OCH3 is 1. The topological polar surface area (TPSA) is 123 Å². The van der Waals surface area contributed by atoms with Gasteiger partial charge >= 0.3 is 6.09 Å². The summed E-state index contributed by atoms with van der Waals surface area (Å²) in [7, 11) is -1.77. The summed E-state index contributed by atoms with van der Waals surface area (Å²) in [6.45, 7) is 0.433. The molecule has 0 aliphatic carbocycles. The van der Waals surface area contributed by atoms with Gasteiger partial charge in [0.25, 0.3) is 0 Å². The van der Waals surface area contributed by atoms with E-state index in [9.17, 15) is 18.0 Å². The predicted octanol–water partition coefficient (Wildman–Crippen LogP) is 2.34. The highest BCUT2D eigenvalue weighted by Gasteiger charge is 2.08. The third kappa shape index (κ3) is 7.80. The van der Waals surface area contributed by atoms with Gasteiger partial charge in [-0.25, -0.2) is 13.2 Å². The molecule has 156 valence electrons. The Morgan fingerprint density at radius 2 is 1.62 bits per heavy atom. The Kier molecular flexibility index (Phi) is 7.98. The molecule has 9 nitrogen and oxygen atoms in total. The van der Waals surface area contributed by atoms with Crippen LogP contribution in [-0.4, -0.2) is 53.5 Å². The molecule has 0 radical (unpaired) electrons. The van der Waals surface area contributed by atoms with Crippen LogP contribution in [-0.2, 0) is 24.1 Å². The Morgan fingerprint density at radius 1 is 0.931 bits per heavy atom. The third-order valence-corrected chi connectivity index (χ3v) is 4.78. The van der Waals surface area contributed by atoms with Gasteiger partial charge < -0.3 is 20.1 Å². The highest BCUT2D eigenvalue weighted by Crippen LogP contribution is 2.16. The van der Waals surface area contributed by atoms with Crippen LogP contribution in [0.15, 0.2) is 53.4 Å². The molecular formula is C19H23N3O6S. The Hall–Kier alpha value is -3.11. The summed E-state index contributed by atoms with van der Waals surface area (Å²) >= 11 is 0. The van der Waals surface area contributed by atoms with Gasteiger partial charge in [0.05, 0.1) is 18.0 Å². The van der Waals surface area contributed by atoms with Gasteiger partial charge in [-0.3, -0.25) is 10.1 Å². The summed E-state index contributed by atoms with van der Waals surface area (Å²) in [6.07, 6.45) is 0.516. The number of nitrogens with one attached hydrogen (secondary N) is 3. The van der Waals surface area contributed by atoms with Gasteiger partial charge in [0.2, 0.25) is 5.91 Å². The van der Waals surface area contributed by atoms with Crippen molar-refractivity contribution < 1.29 is 27.5 Å². The molecule has 2 rings (SSSR count). The summed E-state index contributed by atoms with van der Waals surface area (Å²) < 4.78 is 32.6. The summed E-state index contributed by atoms with van der Waals surface area (Å²) in [5, 5.41) is 8.19. The van der Waals surface area contributed by atoms with Crippen molar-refractivity contribution in [3.63, 3.8) is 0 Å². The van der Waals surface area contributed by atoms with E-state index in [2.05, 4.69) is 16.0 Å². The first-order valence-corrected chi connectivity index (χ1v) is 10.5. The van der Waals surface area contributed by atoms with E-state index >= 15 is 0 Å². The number of carbonyl (C=O) groups excluding carboxylic acids is 2. The number of amides is 2. The Balaban J connectivity index is 1.84. The lowest BCUT2D eigenvalue weighted by Gasteiger charge is -2.10. The maximum Gasteiger partial charge on any atom is 0.411 e. The molecule has 0 saturated heterocycles. The van der Waals surface area contributed by atoms with Gasteiger partial charge in [-0.2, -0.15) is 0 Å². The van der Waals surface area contributed by atoms with Crippen molar-refractivity contribution in [2.45, 2.75) is 4.90 Å². The first-order valence-electron chi connectivity index (χ1n) is 8.64. The molecule has 0 heterocycles. The van der Waals surface area contributed by atoms with Gasteiger partial charge in [-0.15, -0.1) is 0 Å². The molecule has 0 saturated carbocycles. The van der Waals surface area contributed by atoms with Crippen molar-refractivity contribution in [3.8, 4) is 0 Å². The standard InChI is InChI=1S/C19H23N3O6S/c1-27-10-11-28-19(24)22-16-5-3-4-15(12-16)20-13-18(23)21-14-6-8-17(9-7-14)29(2,25)26/h3-9,12,20H,10-11,13H2,1-2H3,(H,21,23)(H,22,24). The molecule has 0 atom stereocenters. The number of hydrogen-bond donors (Lipinski definition) is 3. The number of ether oxygens (including phenoxy) is 2. The first-order chi connectivity index (χ1) is 13.8. The van der Waals surface area contributed by atoms with Crippen LogP contribution in [0, 0.1) is 0 Å². The van der Waals surface area contributed by atoms with Crippen LogP contribution >= 0.6 is 0 Å². The second-order valence-corrected chi connectivity index (χ2v) is 8.05. The van der Waals surface area contributed by atoms with Gasteiger partial charge in [0.15, 0.2) is 9.84 Å². The van der Waals surface area contributed by atoms with Crippen LogP contribution in [0.2, 0.25) is 0 Å². The van der Waals surface area contributed by atoms with Crippen LogP contribution in [0.25, 0.3) is 0 Å². The second-order valence-electron chi connectivity index (χ2n) is 6.03. The minimum Gasteiger partial charge on any atom is -0.447 e. The minimum absolute atomic E-state index is 0.0183. The summed E-state index contributed by atoms with van der Waals surface area (Å²) in [5.74, 6) is -0.311. The molecule has 3 N–H and O–H groups in total. The monoisotopic (exact) mass is 421 g/mol. The molecule has 2 amide bonds. The number of carbonyl (C=O) groups is 2. The summed E-state index contributed by atoms with van der Waals surface area (Å²) in [6, 6.07) is 12.7. The minimum atomic E-state index is -3.28. The van der Waals surface area contributed by atoms with Crippen LogP contribution in [0.1, 0.15) is 0 Å². The highest BCUT2D eigenvalue weighted by atomic mass is 32.2. The van der Waals surface area contributed by atoms with Crippen molar-refractivity contribution in [2.75, 3.05) is 49.1 Å². The molecule has 0 aliphatic rings. The van der Waals surface area contributed by atoms with Gasteiger partial charge in [-0.05, 0) is 42.5 Å². The maximum atomic E-state index is 12.1. The van der Waals surface area contributed by atoms with E-state index in [1.165, 1.54) is 31.4 Å². The van der Waals surface area contributed by atoms with Crippen LogP contribution in [0.4, 0.5) is 21.9 Å². The molecule has 0 aliphatic heterocycles. The fourth-order valence-electron chi connectivity index (χ4n) is 2.25. The zero-order chi connectivity index (χ0) is 21.3. The van der Waals surface area contributed by atoms with Crippen LogP contribution in [0.3, 0.4) is 0 Å². The van der Waals surface area contributed by atoms with E-state index < -0.39 is 15.9 Å². The van der Waals surface area contributed by atoms with Gasteiger partial charge in [0.1, 0.15) is 6.61 Å². The molecule has 0 spiro atoms. The molecule has 0 fully saturated rings. The molecule has 2 aromatic rings. The smallest absolute Gasteiger partial charge is 0.411 e. The lowest BCUT2D eigenvalue weighted by atomic mass is 10.2. The highest BCUT2D eigenvalue weighted by molar-refractivity contribution is 7.90. The quantitative estimate of drug-likeness (QED) is 0.531. The van der Waals surface area contributed by atoms with Crippen LogP contribution in [0.5, 0.6) is 0 Å². The maximum absolute atomic E-state index is 12.1. The largest absolute Gasteiger partial charge is 0.447 e. The lowest BCUT2D eigenvalue weighted by molar-refractivity contribution is -0.114. The number of anilines is 3. The fourth-order valence-corrected chi connectivity index (χ4v) is 2.88. The third-order valence-electron chi connectivity index (χ3n) is 3.65. The van der Waals surface area contributed by atoms with E-state index in [0.29, 0.717) is 23.7 Å². The van der Waals surface area contributed by atoms with Crippen LogP contribution < -0.4 is 16.0 Å². The Labute approximate surface area is 169 Å². The van der Waals surface area contributed by atoms with Crippen molar-refractivity contribution in [1.29, 1.82) is 0 Å². The Morgan fingerprint density at radius 3 is 2.28 bits per heavy atom. The zero-order valence-electron chi connectivity index (χ0n) is 16.1. The molecule has 0 aromatic heterocycles. The number of hydrogen-bond acceptors (Lipinski definition) is 7. The van der Waals surface area contributed by atoms with Crippen molar-refractivity contribution >= 4 is 38.9 Å². The van der Waals surface area contributed by atoms with E-state index in [1.807, 2.05) is 0 Å². The fraction of sp³-hybridized carbons (Fsp3) is 0.263. The first kappa shape index (κ1) is 22.2. The number of rotatable bonds is 9. The molecule has 2 aromatic carbocycles. The molecule has 10 heteroatoms. The Bertz CT molecular complexity index is 945. The van der Waals surface area contributed by atoms with E-state index in [0.717, 1.165) is 6.26 Å². The summed E-state index contributed by atoms with van der Waals surface area (Å²) in [5.41, 5.74) is 1.62. The normalized spacial score (nSPS) is 10.8. The van der Waals surface area contributed by atoms with E-state index in [1.54, 1.807) is 24.3 Å². The van der Waals surface area contributed by atoms with Crippen molar-refractivity contribution in [3.05, 3.63) is 48.5 Å². The lowest BCUT2D eigenvalue weighted by Crippen LogP contribution is -2.22. The number of sulfone groups is 1. The average molecular weight is 421 g/mol. The van der Waals surface area contributed by atoms with Gasteiger partial charge in [-0.1, -0.05) is 6.07 Å². The summed E-state index contributed by atoms with van der Waals surface area (Å²) in [4.78, 5) is 23.9. The predicted molar refractivity (Wildman–Crippen MR) is 110 cm³/mol. The molecule has 0 unspecified atom stereocenters. The SMILES string of the molecule is COCCOC(=O)Nc1cccc(NCC(=O)Nc2ccc(S(C)(=O)=O)cc2)c1. The molecule has 29 heavy (non-hydrogen) atoms. The van der Waals surface area contributed by atoms with E-state index in [4.69, 9.17) is 9.47 Å². The zero-order valence-corrected chi connectivity index (χ0v) is 16.9. The number of benzene rings is 2. The van der Waals surface area contributed by atoms with Gasteiger partial charge in [0, 0.05) is 30.4 Å². The molecule has 0 bridgehead atoms.